The highest BCUT2D eigenvalue weighted by molar-refractivity contribution is 6.21. The molecule has 0 bridgehead atoms. The second-order valence-corrected chi connectivity index (χ2v) is 5.40. The van der Waals surface area contributed by atoms with Crippen LogP contribution in [0.25, 0.3) is 0 Å². The fourth-order valence-corrected chi connectivity index (χ4v) is 2.68. The zero-order valence-corrected chi connectivity index (χ0v) is 11.1. The third kappa shape index (κ3) is 3.02. The minimum Gasteiger partial charge on any atom is -0.348 e. The largest absolute Gasteiger partial charge is 0.348 e. The van der Waals surface area contributed by atoms with Gasteiger partial charge in [-0.2, -0.15) is 0 Å². The third-order valence-corrected chi connectivity index (χ3v) is 3.96. The van der Waals surface area contributed by atoms with Gasteiger partial charge in [0.15, 0.2) is 0 Å². The van der Waals surface area contributed by atoms with Gasteiger partial charge in [-0.25, -0.2) is 4.39 Å². The van der Waals surface area contributed by atoms with Crippen LogP contribution in [0, 0.1) is 12.7 Å². The maximum atomic E-state index is 13.2. The maximum absolute atomic E-state index is 13.2. The minimum atomic E-state index is -0.392. The summed E-state index contributed by atoms with van der Waals surface area (Å²) in [7, 11) is 0. The first-order valence-electron chi connectivity index (χ1n) is 6.29. The van der Waals surface area contributed by atoms with E-state index in [9.17, 15) is 9.18 Å². The molecule has 0 saturated heterocycles. The summed E-state index contributed by atoms with van der Waals surface area (Å²) in [5.41, 5.74) is 1.17. The molecule has 0 heterocycles. The Hall–Kier alpha value is -1.09. The van der Waals surface area contributed by atoms with Crippen LogP contribution in [0.1, 0.15) is 41.6 Å². The van der Waals surface area contributed by atoms with Crippen LogP contribution < -0.4 is 5.32 Å². The predicted molar refractivity (Wildman–Crippen MR) is 70.5 cm³/mol. The Morgan fingerprint density at radius 3 is 2.83 bits per heavy atom. The number of hydrogen-bond acceptors (Lipinski definition) is 1. The molecule has 0 radical (unpaired) electrons. The SMILES string of the molecule is Cc1ccc(F)cc1C(=O)NC1CCCCC1Cl. The van der Waals surface area contributed by atoms with Crippen molar-refractivity contribution in [3.8, 4) is 0 Å². The molecule has 98 valence electrons. The summed E-state index contributed by atoms with van der Waals surface area (Å²) in [4.78, 5) is 12.1. The van der Waals surface area contributed by atoms with Crippen LogP contribution in [-0.2, 0) is 0 Å². The average molecular weight is 270 g/mol. The first-order chi connectivity index (χ1) is 8.58. The normalized spacial score (nSPS) is 23.7. The monoisotopic (exact) mass is 269 g/mol. The highest BCUT2D eigenvalue weighted by atomic mass is 35.5. The predicted octanol–water partition coefficient (Wildman–Crippen LogP) is 3.41. The smallest absolute Gasteiger partial charge is 0.251 e. The van der Waals surface area contributed by atoms with Gasteiger partial charge < -0.3 is 5.32 Å². The van der Waals surface area contributed by atoms with Gasteiger partial charge in [-0.15, -0.1) is 11.6 Å². The molecule has 1 fully saturated rings. The van der Waals surface area contributed by atoms with Crippen LogP contribution in [-0.4, -0.2) is 17.3 Å². The van der Waals surface area contributed by atoms with E-state index >= 15 is 0 Å². The molecular weight excluding hydrogens is 253 g/mol. The van der Waals surface area contributed by atoms with Crippen LogP contribution in [0.2, 0.25) is 0 Å². The van der Waals surface area contributed by atoms with E-state index in [4.69, 9.17) is 11.6 Å². The average Bonchev–Trinajstić information content (AvgIpc) is 2.35. The lowest BCUT2D eigenvalue weighted by atomic mass is 9.94. The van der Waals surface area contributed by atoms with Crippen LogP contribution in [0.4, 0.5) is 4.39 Å². The Morgan fingerprint density at radius 2 is 2.11 bits per heavy atom. The molecule has 2 nitrogen and oxygen atoms in total. The lowest BCUT2D eigenvalue weighted by molar-refractivity contribution is 0.0927. The summed E-state index contributed by atoms with van der Waals surface area (Å²) >= 11 is 6.20. The van der Waals surface area contributed by atoms with E-state index in [-0.39, 0.29) is 17.3 Å². The van der Waals surface area contributed by atoms with Crippen molar-refractivity contribution < 1.29 is 9.18 Å². The number of benzene rings is 1. The van der Waals surface area contributed by atoms with Gasteiger partial charge in [0.1, 0.15) is 5.82 Å². The molecule has 1 aromatic carbocycles. The Labute approximate surface area is 112 Å². The highest BCUT2D eigenvalue weighted by Gasteiger charge is 2.25. The van der Waals surface area contributed by atoms with Gasteiger partial charge in [-0.05, 0) is 37.5 Å². The highest BCUT2D eigenvalue weighted by Crippen LogP contribution is 2.23. The van der Waals surface area contributed by atoms with Crippen LogP contribution >= 0.6 is 11.6 Å². The maximum Gasteiger partial charge on any atom is 0.251 e. The minimum absolute atomic E-state index is 0.00409. The van der Waals surface area contributed by atoms with E-state index in [0.717, 1.165) is 31.2 Å². The molecule has 4 heteroatoms. The van der Waals surface area contributed by atoms with E-state index in [2.05, 4.69) is 5.32 Å². The van der Waals surface area contributed by atoms with E-state index in [1.165, 1.54) is 12.1 Å². The number of rotatable bonds is 2. The molecule has 1 aliphatic rings. The second-order valence-electron chi connectivity index (χ2n) is 4.84. The number of carbonyl (C=O) groups is 1. The number of carbonyl (C=O) groups excluding carboxylic acids is 1. The summed E-state index contributed by atoms with van der Waals surface area (Å²) in [5.74, 6) is -0.624. The fraction of sp³-hybridized carbons (Fsp3) is 0.500. The van der Waals surface area contributed by atoms with Gasteiger partial charge in [-0.1, -0.05) is 18.9 Å². The molecule has 2 rings (SSSR count). The lowest BCUT2D eigenvalue weighted by Gasteiger charge is -2.28. The molecular formula is C14H17ClFNO. The molecule has 0 aromatic heterocycles. The zero-order valence-electron chi connectivity index (χ0n) is 10.4. The number of hydrogen-bond donors (Lipinski definition) is 1. The van der Waals surface area contributed by atoms with Gasteiger partial charge in [0, 0.05) is 11.6 Å². The van der Waals surface area contributed by atoms with Gasteiger partial charge in [-0.3, -0.25) is 4.79 Å². The number of amides is 1. The van der Waals surface area contributed by atoms with Gasteiger partial charge in [0.05, 0.1) is 5.38 Å². The van der Waals surface area contributed by atoms with Gasteiger partial charge in [0.25, 0.3) is 5.91 Å². The van der Waals surface area contributed by atoms with E-state index in [0.29, 0.717) is 5.56 Å². The Morgan fingerprint density at radius 1 is 1.39 bits per heavy atom. The fourth-order valence-electron chi connectivity index (χ4n) is 2.33. The van der Waals surface area contributed by atoms with Gasteiger partial charge in [0.2, 0.25) is 0 Å². The lowest BCUT2D eigenvalue weighted by Crippen LogP contribution is -2.43. The molecule has 0 spiro atoms. The molecule has 1 saturated carbocycles. The topological polar surface area (TPSA) is 29.1 Å². The van der Waals surface area contributed by atoms with Crippen molar-refractivity contribution in [1.82, 2.24) is 5.32 Å². The molecule has 2 atom stereocenters. The summed E-state index contributed by atoms with van der Waals surface area (Å²) in [5, 5.41) is 2.90. The summed E-state index contributed by atoms with van der Waals surface area (Å²) < 4.78 is 13.2. The van der Waals surface area contributed by atoms with E-state index < -0.39 is 5.82 Å². The third-order valence-electron chi connectivity index (χ3n) is 3.44. The molecule has 1 aromatic rings. The molecule has 1 N–H and O–H groups in total. The summed E-state index contributed by atoms with van der Waals surface area (Å²) in [6, 6.07) is 4.24. The Balaban J connectivity index is 2.09. The number of nitrogens with one attached hydrogen (secondary N) is 1. The molecule has 2 unspecified atom stereocenters. The molecule has 18 heavy (non-hydrogen) atoms. The van der Waals surface area contributed by atoms with Gasteiger partial charge >= 0.3 is 0 Å². The van der Waals surface area contributed by atoms with Crippen LogP contribution in [0.5, 0.6) is 0 Å². The van der Waals surface area contributed by atoms with Crippen molar-refractivity contribution in [1.29, 1.82) is 0 Å². The second kappa shape index (κ2) is 5.70. The molecule has 1 aliphatic carbocycles. The standard InChI is InChI=1S/C14H17ClFNO/c1-9-6-7-10(16)8-11(9)14(18)17-13-5-3-2-4-12(13)15/h6-8,12-13H,2-5H2,1H3,(H,17,18). The van der Waals surface area contributed by atoms with Crippen molar-refractivity contribution in [2.75, 3.05) is 0 Å². The Kier molecular flexibility index (Phi) is 4.23. The molecule has 0 aliphatic heterocycles. The van der Waals surface area contributed by atoms with Crippen LogP contribution in [0.15, 0.2) is 18.2 Å². The van der Waals surface area contributed by atoms with Crippen molar-refractivity contribution in [3.63, 3.8) is 0 Å². The quantitative estimate of drug-likeness (QED) is 0.819. The summed E-state index contributed by atoms with van der Waals surface area (Å²) in [6.07, 6.45) is 4.01. The van der Waals surface area contributed by atoms with Crippen LogP contribution in [0.3, 0.4) is 0 Å². The first-order valence-corrected chi connectivity index (χ1v) is 6.72. The van der Waals surface area contributed by atoms with Crippen molar-refractivity contribution in [3.05, 3.63) is 35.1 Å². The first kappa shape index (κ1) is 13.3. The van der Waals surface area contributed by atoms with E-state index in [1.807, 2.05) is 0 Å². The molecule has 1 amide bonds. The van der Waals surface area contributed by atoms with Crippen molar-refractivity contribution >= 4 is 17.5 Å². The summed E-state index contributed by atoms with van der Waals surface area (Å²) in [6.45, 7) is 1.80. The van der Waals surface area contributed by atoms with Crippen molar-refractivity contribution in [2.24, 2.45) is 0 Å². The zero-order chi connectivity index (χ0) is 13.1. The number of aryl methyl sites for hydroxylation is 1. The van der Waals surface area contributed by atoms with E-state index in [1.54, 1.807) is 13.0 Å². The number of alkyl halides is 1. The number of halogens is 2. The van der Waals surface area contributed by atoms with Crippen molar-refractivity contribution in [2.45, 2.75) is 44.0 Å². The Bertz CT molecular complexity index is 449.